The molecule has 0 aliphatic rings. The number of rotatable bonds is 6. The van der Waals surface area contributed by atoms with Crippen molar-refractivity contribution < 1.29 is 31.5 Å². The smallest absolute Gasteiger partial charge is 0.406 e. The molecule has 0 fully saturated rings. The second kappa shape index (κ2) is 8.45. The number of benzene rings is 1. The molecule has 0 spiro atoms. The van der Waals surface area contributed by atoms with Gasteiger partial charge in [0.2, 0.25) is 5.82 Å². The molecule has 0 radical (unpaired) electrons. The van der Waals surface area contributed by atoms with Crippen molar-refractivity contribution in [3.63, 3.8) is 0 Å². The predicted molar refractivity (Wildman–Crippen MR) is 106 cm³/mol. The normalized spacial score (nSPS) is 12.0. The second-order valence-corrected chi connectivity index (χ2v) is 6.84. The van der Waals surface area contributed by atoms with Gasteiger partial charge in [-0.25, -0.2) is 0 Å². The predicted octanol–water partition coefficient (Wildman–Crippen LogP) is 4.21. The van der Waals surface area contributed by atoms with E-state index in [0.717, 1.165) is 16.5 Å². The molecule has 170 valence electrons. The van der Waals surface area contributed by atoms with Crippen molar-refractivity contribution in [1.29, 1.82) is 0 Å². The lowest BCUT2D eigenvalue weighted by Gasteiger charge is -2.15. The minimum atomic E-state index is -4.82. The zero-order chi connectivity index (χ0) is 23.6. The fraction of sp³-hybridized carbons (Fsp3) is 0.143. The van der Waals surface area contributed by atoms with Crippen molar-refractivity contribution in [2.75, 3.05) is 6.54 Å². The zero-order valence-corrected chi connectivity index (χ0v) is 16.6. The van der Waals surface area contributed by atoms with E-state index in [4.69, 9.17) is 0 Å². The van der Waals surface area contributed by atoms with E-state index in [1.807, 2.05) is 0 Å². The summed E-state index contributed by atoms with van der Waals surface area (Å²) in [6.07, 6.45) is -2.13. The summed E-state index contributed by atoms with van der Waals surface area (Å²) in [5.74, 6) is -5.47. The van der Waals surface area contributed by atoms with Crippen LogP contribution in [0.1, 0.15) is 16.3 Å². The fourth-order valence-electron chi connectivity index (χ4n) is 3.02. The molecule has 1 aromatic carbocycles. The summed E-state index contributed by atoms with van der Waals surface area (Å²) in [4.78, 5) is 15.8. The van der Waals surface area contributed by atoms with Crippen LogP contribution in [0.15, 0.2) is 67.0 Å². The van der Waals surface area contributed by atoms with Crippen molar-refractivity contribution in [1.82, 2.24) is 24.9 Å². The number of halogens is 5. The first-order chi connectivity index (χ1) is 15.6. The highest BCUT2D eigenvalue weighted by Crippen LogP contribution is 2.29. The summed E-state index contributed by atoms with van der Waals surface area (Å²) < 4.78 is 71.6. The first-order valence-corrected chi connectivity index (χ1v) is 9.41. The average molecular weight is 463 g/mol. The molecule has 0 saturated carbocycles. The lowest BCUT2D eigenvalue weighted by atomic mass is 10.1. The van der Waals surface area contributed by atoms with Crippen molar-refractivity contribution in [2.24, 2.45) is 0 Å². The number of aromatic nitrogens is 4. The minimum Gasteiger partial charge on any atom is -0.406 e. The Morgan fingerprint density at radius 2 is 1.67 bits per heavy atom. The molecule has 0 unspecified atom stereocenters. The topological polar surface area (TPSA) is 81.4 Å². The maximum absolute atomic E-state index is 14.9. The van der Waals surface area contributed by atoms with Crippen molar-refractivity contribution in [2.45, 2.75) is 12.3 Å². The SMILES string of the molecule is O=C(NCC(F)(F)c1nnc2ccc(-c3ccc(OC(F)(F)F)cc3)cn12)c1ccccn1. The van der Waals surface area contributed by atoms with Gasteiger partial charge in [-0.2, -0.15) is 8.78 Å². The third-order valence-corrected chi connectivity index (χ3v) is 4.52. The first kappa shape index (κ1) is 22.1. The number of hydrogen-bond donors (Lipinski definition) is 1. The second-order valence-electron chi connectivity index (χ2n) is 6.84. The fourth-order valence-corrected chi connectivity index (χ4v) is 3.02. The van der Waals surface area contributed by atoms with Gasteiger partial charge in [0, 0.05) is 12.4 Å². The summed E-state index contributed by atoms with van der Waals surface area (Å²) >= 11 is 0. The van der Waals surface area contributed by atoms with Crippen LogP contribution in [0, 0.1) is 0 Å². The molecule has 12 heteroatoms. The van der Waals surface area contributed by atoms with Crippen LogP contribution in [-0.2, 0) is 5.92 Å². The van der Waals surface area contributed by atoms with Gasteiger partial charge >= 0.3 is 12.3 Å². The quantitative estimate of drug-likeness (QED) is 0.434. The number of alkyl halides is 5. The van der Waals surface area contributed by atoms with E-state index < -0.39 is 36.3 Å². The number of hydrogen-bond acceptors (Lipinski definition) is 5. The number of fused-ring (bicyclic) bond motifs is 1. The molecular formula is C21H14F5N5O2. The van der Waals surface area contributed by atoms with Crippen LogP contribution >= 0.6 is 0 Å². The van der Waals surface area contributed by atoms with Crippen LogP contribution in [0.25, 0.3) is 16.8 Å². The van der Waals surface area contributed by atoms with Crippen molar-refractivity contribution in [3.05, 3.63) is 78.5 Å². The Morgan fingerprint density at radius 3 is 2.33 bits per heavy atom. The average Bonchev–Trinajstić information content (AvgIpc) is 3.22. The Hall–Kier alpha value is -4.09. The molecule has 3 heterocycles. The third kappa shape index (κ3) is 5.05. The van der Waals surface area contributed by atoms with E-state index in [2.05, 4.69) is 25.2 Å². The standard InChI is InChI=1S/C21H14F5N5O2/c22-20(23,12-28-18(32)16-3-1-2-10-27-16)19-30-29-17-9-6-14(11-31(17)19)13-4-7-15(8-5-13)33-21(24,25)26/h1-11H,12H2,(H,28,32). The molecular weight excluding hydrogens is 449 g/mol. The number of ether oxygens (including phenoxy) is 1. The molecule has 0 atom stereocenters. The summed E-state index contributed by atoms with van der Waals surface area (Å²) in [7, 11) is 0. The lowest BCUT2D eigenvalue weighted by molar-refractivity contribution is -0.274. The molecule has 4 rings (SSSR count). The minimum absolute atomic E-state index is 0.0142. The molecule has 0 saturated heterocycles. The van der Waals surface area contributed by atoms with Gasteiger partial charge in [-0.3, -0.25) is 14.2 Å². The van der Waals surface area contributed by atoms with Crippen LogP contribution < -0.4 is 10.1 Å². The number of nitrogens with one attached hydrogen (secondary N) is 1. The molecule has 4 aromatic rings. The number of carbonyl (C=O) groups is 1. The number of nitrogens with zero attached hydrogens (tertiary/aromatic N) is 4. The Morgan fingerprint density at radius 1 is 0.939 bits per heavy atom. The number of amides is 1. The summed E-state index contributed by atoms with van der Waals surface area (Å²) in [5.41, 5.74) is 0.995. The van der Waals surface area contributed by atoms with Crippen molar-refractivity contribution in [3.8, 4) is 16.9 Å². The van der Waals surface area contributed by atoms with Gasteiger partial charge in [-0.1, -0.05) is 18.2 Å². The molecule has 33 heavy (non-hydrogen) atoms. The van der Waals surface area contributed by atoms with Gasteiger partial charge in [0.25, 0.3) is 5.91 Å². The zero-order valence-electron chi connectivity index (χ0n) is 16.6. The van der Waals surface area contributed by atoms with Gasteiger partial charge in [0.1, 0.15) is 11.4 Å². The maximum atomic E-state index is 14.9. The highest BCUT2D eigenvalue weighted by molar-refractivity contribution is 5.92. The van der Waals surface area contributed by atoms with E-state index in [1.54, 1.807) is 18.2 Å². The van der Waals surface area contributed by atoms with Crippen LogP contribution in [0.3, 0.4) is 0 Å². The summed E-state index contributed by atoms with van der Waals surface area (Å²) in [6, 6.07) is 12.5. The van der Waals surface area contributed by atoms with Crippen LogP contribution in [0.4, 0.5) is 22.0 Å². The molecule has 0 aliphatic carbocycles. The Balaban J connectivity index is 1.56. The maximum Gasteiger partial charge on any atom is 0.573 e. The highest BCUT2D eigenvalue weighted by Gasteiger charge is 2.38. The number of carbonyl (C=O) groups excluding carboxylic acids is 1. The van der Waals surface area contributed by atoms with E-state index in [1.165, 1.54) is 36.7 Å². The molecule has 0 bridgehead atoms. The van der Waals surface area contributed by atoms with Gasteiger partial charge in [-0.15, -0.1) is 23.4 Å². The lowest BCUT2D eigenvalue weighted by Crippen LogP contribution is -2.36. The van der Waals surface area contributed by atoms with E-state index in [-0.39, 0.29) is 11.3 Å². The monoisotopic (exact) mass is 463 g/mol. The molecule has 1 amide bonds. The van der Waals surface area contributed by atoms with Gasteiger partial charge < -0.3 is 10.1 Å². The molecule has 7 nitrogen and oxygen atoms in total. The number of pyridine rings is 2. The van der Waals surface area contributed by atoms with Crippen molar-refractivity contribution >= 4 is 11.6 Å². The molecule has 3 aromatic heterocycles. The van der Waals surface area contributed by atoms with Crippen LogP contribution in [0.5, 0.6) is 5.75 Å². The first-order valence-electron chi connectivity index (χ1n) is 9.41. The van der Waals surface area contributed by atoms with E-state index in [0.29, 0.717) is 11.1 Å². The van der Waals surface area contributed by atoms with Gasteiger partial charge in [-0.05, 0) is 47.5 Å². The van der Waals surface area contributed by atoms with Crippen LogP contribution in [-0.4, -0.2) is 38.4 Å². The van der Waals surface area contributed by atoms with Gasteiger partial charge in [0.05, 0.1) is 6.54 Å². The van der Waals surface area contributed by atoms with E-state index in [9.17, 15) is 26.7 Å². The van der Waals surface area contributed by atoms with Gasteiger partial charge in [0.15, 0.2) is 5.65 Å². The summed E-state index contributed by atoms with van der Waals surface area (Å²) in [6.45, 7) is -1.04. The van der Waals surface area contributed by atoms with E-state index >= 15 is 0 Å². The third-order valence-electron chi connectivity index (χ3n) is 4.52. The Labute approximate surface area is 182 Å². The Bertz CT molecular complexity index is 1270. The largest absolute Gasteiger partial charge is 0.573 e. The molecule has 0 aliphatic heterocycles. The summed E-state index contributed by atoms with van der Waals surface area (Å²) in [5, 5.41) is 9.41. The van der Waals surface area contributed by atoms with Crippen LogP contribution in [0.2, 0.25) is 0 Å². The highest BCUT2D eigenvalue weighted by atomic mass is 19.4. The Kier molecular flexibility index (Phi) is 5.66. The molecule has 1 N–H and O–H groups in total.